The van der Waals surface area contributed by atoms with Crippen LogP contribution in [0.5, 0.6) is 23.1 Å². The van der Waals surface area contributed by atoms with Crippen LogP contribution in [-0.4, -0.2) is 78.3 Å². The molecule has 0 amide bonds. The number of imidazole rings is 1. The fourth-order valence-electron chi connectivity index (χ4n) is 6.99. The number of benzene rings is 3. The number of pyridine rings is 2. The van der Waals surface area contributed by atoms with Crippen LogP contribution in [0.25, 0.3) is 33.5 Å². The van der Waals surface area contributed by atoms with Gasteiger partial charge < -0.3 is 39.8 Å². The molecule has 0 spiro atoms. The van der Waals surface area contributed by atoms with Crippen LogP contribution in [0.3, 0.4) is 0 Å². The number of carbonyl (C=O) groups is 1. The second kappa shape index (κ2) is 19.4. The minimum Gasteiger partial charge on any atom is -0.502 e. The number of nitrogens with zero attached hydrogens (tertiary/aromatic N) is 5. The Kier molecular flexibility index (Phi) is 13.4. The smallest absolute Gasteiger partial charge is 0.249 e. The van der Waals surface area contributed by atoms with Gasteiger partial charge >= 0.3 is 0 Å². The van der Waals surface area contributed by atoms with Crippen LogP contribution in [0.2, 0.25) is 0 Å². The first kappa shape index (κ1) is 44.2. The van der Waals surface area contributed by atoms with Gasteiger partial charge in [0.15, 0.2) is 33.7 Å². The SMILES string of the molecule is COCc1[nH]nc2c1C(c1cc(OC)c(O)c(OC)c1)C(C#N)=C(N)O2.Cc1ccc(-c2[nH]nc3[nH]c(=O)cc(C)c23)cc1.Cc1ccc(C(=O)CSc2nc3ncccc3[nH]2)cc1. The standard InChI is InChI=1S/C17H18N4O5.C15H13N3OS.C14H13N3O/c1-23-7-10-14-13(9(6-18)16(19)26-17(14)21-20-10)8-4-11(24-2)15(22)12(5-8)25-3;1-10-4-6-11(7-5-10)13(19)9-20-15-17-12-3-2-8-16-14(12)18-15;1-8-3-5-10(6-4-8)13-12-9(2)7-11(18)15-14(12)17-16-13/h4-5,13,22H,7,19H2,1-3H3,(H,20,21);2-8H,9H2,1H3,(H,16,17,18);3-7H,1-2H3,(H2,15,16,17,18). The van der Waals surface area contributed by atoms with E-state index in [4.69, 9.17) is 24.7 Å². The first-order valence-electron chi connectivity index (χ1n) is 19.7. The van der Waals surface area contributed by atoms with Crippen molar-refractivity contribution in [3.05, 3.63) is 146 Å². The fraction of sp³-hybridized carbons (Fsp3) is 0.196. The highest BCUT2D eigenvalue weighted by molar-refractivity contribution is 7.99. The Bertz CT molecular complexity index is 3030. The van der Waals surface area contributed by atoms with Crippen LogP contribution in [0.15, 0.2) is 106 Å². The number of ketones is 1. The summed E-state index contributed by atoms with van der Waals surface area (Å²) in [5.74, 6) is 0.393. The Morgan fingerprint density at radius 2 is 1.62 bits per heavy atom. The summed E-state index contributed by atoms with van der Waals surface area (Å²) in [7, 11) is 4.41. The normalized spacial score (nSPS) is 12.9. The number of thioether (sulfide) groups is 1. The summed E-state index contributed by atoms with van der Waals surface area (Å²) in [6, 6.07) is 26.5. The number of phenolic OH excluding ortho intramolecular Hbond substituents is 1. The summed E-state index contributed by atoms with van der Waals surface area (Å²) < 4.78 is 21.1. The van der Waals surface area contributed by atoms with Gasteiger partial charge in [-0.05, 0) is 56.2 Å². The number of aryl methyl sites for hydroxylation is 3. The summed E-state index contributed by atoms with van der Waals surface area (Å²) in [6.07, 6.45) is 1.70. The average Bonchev–Trinajstić information content (AvgIpc) is 4.03. The van der Waals surface area contributed by atoms with E-state index in [0.29, 0.717) is 33.9 Å². The molecule has 7 N–H and O–H groups in total. The van der Waals surface area contributed by atoms with Gasteiger partial charge in [-0.3, -0.25) is 19.8 Å². The van der Waals surface area contributed by atoms with E-state index in [9.17, 15) is 20.0 Å². The van der Waals surface area contributed by atoms with Crippen LogP contribution < -0.4 is 25.5 Å². The molecule has 5 aromatic heterocycles. The molecule has 64 heavy (non-hydrogen) atoms. The van der Waals surface area contributed by atoms with Crippen LogP contribution in [0.1, 0.15) is 49.8 Å². The molecule has 17 nitrogen and oxygen atoms in total. The van der Waals surface area contributed by atoms with Gasteiger partial charge in [0.25, 0.3) is 0 Å². The first-order valence-corrected chi connectivity index (χ1v) is 20.7. The zero-order valence-electron chi connectivity index (χ0n) is 35.7. The molecule has 0 radical (unpaired) electrons. The van der Waals surface area contributed by atoms with Crippen molar-refractivity contribution in [2.24, 2.45) is 5.73 Å². The zero-order chi connectivity index (χ0) is 45.5. The topological polar surface area (TPSA) is 256 Å². The molecule has 9 rings (SSSR count). The van der Waals surface area contributed by atoms with Crippen molar-refractivity contribution in [3.8, 4) is 40.5 Å². The van der Waals surface area contributed by atoms with Gasteiger partial charge in [0, 0.05) is 35.9 Å². The number of ether oxygens (including phenoxy) is 4. The predicted molar refractivity (Wildman–Crippen MR) is 242 cm³/mol. The third-order valence-electron chi connectivity index (χ3n) is 10.2. The maximum atomic E-state index is 12.1. The summed E-state index contributed by atoms with van der Waals surface area (Å²) >= 11 is 1.40. The maximum absolute atomic E-state index is 12.1. The molecular weight excluding hydrogens is 837 g/mol. The second-order valence-corrected chi connectivity index (χ2v) is 15.5. The Labute approximate surface area is 370 Å². The number of H-pyrrole nitrogens is 4. The van der Waals surface area contributed by atoms with Crippen molar-refractivity contribution >= 4 is 39.7 Å². The Morgan fingerprint density at radius 3 is 2.27 bits per heavy atom. The fourth-order valence-corrected chi connectivity index (χ4v) is 7.76. The van der Waals surface area contributed by atoms with Crippen molar-refractivity contribution < 1.29 is 28.8 Å². The van der Waals surface area contributed by atoms with Gasteiger partial charge in [-0.1, -0.05) is 71.4 Å². The molecule has 0 fully saturated rings. The molecule has 18 heteroatoms. The third-order valence-corrected chi connectivity index (χ3v) is 11.1. The number of aromatic nitrogens is 8. The molecule has 1 atom stereocenters. The van der Waals surface area contributed by atoms with Crippen LogP contribution in [0, 0.1) is 32.1 Å². The number of aromatic hydroxyl groups is 1. The molecule has 1 aliphatic heterocycles. The van der Waals surface area contributed by atoms with Gasteiger partial charge in [0.05, 0.1) is 55.0 Å². The minimum atomic E-state index is -0.587. The quantitative estimate of drug-likeness (QED) is 0.0583. The number of rotatable bonds is 10. The Morgan fingerprint density at radius 1 is 0.938 bits per heavy atom. The summed E-state index contributed by atoms with van der Waals surface area (Å²) in [6.45, 7) is 6.22. The largest absolute Gasteiger partial charge is 0.502 e. The van der Waals surface area contributed by atoms with Crippen molar-refractivity contribution in [3.63, 3.8) is 0 Å². The monoisotopic (exact) mass is 880 g/mol. The highest BCUT2D eigenvalue weighted by Gasteiger charge is 2.36. The number of phenols is 1. The lowest BCUT2D eigenvalue weighted by Gasteiger charge is -2.25. The van der Waals surface area contributed by atoms with Gasteiger partial charge in [-0.2, -0.15) is 10.4 Å². The number of hydrogen-bond donors (Lipinski definition) is 6. The third kappa shape index (κ3) is 9.45. The number of hydrogen-bond acceptors (Lipinski definition) is 14. The van der Waals surface area contributed by atoms with E-state index in [-0.39, 0.29) is 52.5 Å². The number of fused-ring (bicyclic) bond motifs is 3. The van der Waals surface area contributed by atoms with Gasteiger partial charge in [0.1, 0.15) is 11.6 Å². The summed E-state index contributed by atoms with van der Waals surface area (Å²) in [5.41, 5.74) is 16.1. The number of nitriles is 1. The summed E-state index contributed by atoms with van der Waals surface area (Å²) in [5, 5.41) is 35.6. The van der Waals surface area contributed by atoms with E-state index < -0.39 is 5.92 Å². The van der Waals surface area contributed by atoms with Crippen LogP contribution in [0.4, 0.5) is 0 Å². The Balaban J connectivity index is 0.000000146. The number of methoxy groups -OCH3 is 3. The lowest BCUT2D eigenvalue weighted by Crippen LogP contribution is -2.21. The number of nitrogens with one attached hydrogen (secondary N) is 4. The molecule has 1 unspecified atom stereocenters. The summed E-state index contributed by atoms with van der Waals surface area (Å²) in [4.78, 5) is 37.8. The number of aromatic amines is 4. The molecule has 3 aromatic carbocycles. The minimum absolute atomic E-state index is 0.0357. The van der Waals surface area contributed by atoms with E-state index in [1.165, 1.54) is 31.5 Å². The number of allylic oxidation sites excluding steroid dienone is 1. The van der Waals surface area contributed by atoms with Crippen molar-refractivity contribution in [2.75, 3.05) is 27.1 Å². The predicted octanol–water partition coefficient (Wildman–Crippen LogP) is 7.27. The first-order chi connectivity index (χ1) is 30.9. The van der Waals surface area contributed by atoms with Crippen molar-refractivity contribution in [2.45, 2.75) is 38.5 Å². The molecular formula is C46H44N10O7S. The molecule has 326 valence electrons. The molecule has 6 heterocycles. The van der Waals surface area contributed by atoms with E-state index in [0.717, 1.165) is 44.0 Å². The van der Waals surface area contributed by atoms with E-state index >= 15 is 0 Å². The number of Topliss-reactive ketones (excluding diaryl/α,β-unsaturated/α-hetero) is 1. The lowest BCUT2D eigenvalue weighted by atomic mass is 9.83. The van der Waals surface area contributed by atoms with Gasteiger partial charge in [-0.15, -0.1) is 5.10 Å². The van der Waals surface area contributed by atoms with E-state index in [2.05, 4.69) is 65.5 Å². The maximum Gasteiger partial charge on any atom is 0.249 e. The number of nitrogens with two attached hydrogens (primary N) is 1. The molecule has 0 bridgehead atoms. The molecule has 0 aliphatic carbocycles. The van der Waals surface area contributed by atoms with Crippen LogP contribution >= 0.6 is 11.8 Å². The van der Waals surface area contributed by atoms with Gasteiger partial charge in [0.2, 0.25) is 23.1 Å². The average molecular weight is 881 g/mol. The highest BCUT2D eigenvalue weighted by Crippen LogP contribution is 2.47. The van der Waals surface area contributed by atoms with Crippen LogP contribution in [-0.2, 0) is 11.3 Å². The Hall–Kier alpha value is -7.88. The van der Waals surface area contributed by atoms with E-state index in [1.54, 1.807) is 31.5 Å². The van der Waals surface area contributed by atoms with Crippen molar-refractivity contribution in [1.29, 1.82) is 5.26 Å². The molecule has 0 saturated carbocycles. The molecule has 1 aliphatic rings. The molecule has 8 aromatic rings. The van der Waals surface area contributed by atoms with E-state index in [1.807, 2.05) is 62.4 Å². The number of carbonyl (C=O) groups excluding carboxylic acids is 1. The van der Waals surface area contributed by atoms with Crippen molar-refractivity contribution in [1.82, 2.24) is 40.3 Å². The molecule has 0 saturated heterocycles. The van der Waals surface area contributed by atoms with Gasteiger partial charge in [-0.25, -0.2) is 9.97 Å². The lowest BCUT2D eigenvalue weighted by molar-refractivity contribution is 0.102. The zero-order valence-corrected chi connectivity index (χ0v) is 36.5. The second-order valence-electron chi connectivity index (χ2n) is 14.6. The highest BCUT2D eigenvalue weighted by atomic mass is 32.2.